The number of hydrogen-bond donors (Lipinski definition) is 1. The van der Waals surface area contributed by atoms with Crippen molar-refractivity contribution in [3.63, 3.8) is 0 Å². The highest BCUT2D eigenvalue weighted by atomic mass is 15.1. The van der Waals surface area contributed by atoms with E-state index >= 15 is 0 Å². The Morgan fingerprint density at radius 2 is 2.56 bits per heavy atom. The molecular weight excluding hydrogens is 112 g/mol. The number of H-pyrrole nitrogens is 1. The van der Waals surface area contributed by atoms with Crippen molar-refractivity contribution in [1.29, 1.82) is 0 Å². The lowest BCUT2D eigenvalue weighted by molar-refractivity contribution is 0.915. The van der Waals surface area contributed by atoms with Crippen molar-refractivity contribution in [2.75, 3.05) is 0 Å². The molecule has 1 N–H and O–H groups in total. The van der Waals surface area contributed by atoms with E-state index in [4.69, 9.17) is 0 Å². The third-order valence-electron chi connectivity index (χ3n) is 2.06. The highest BCUT2D eigenvalue weighted by molar-refractivity contribution is 5.18. The van der Waals surface area contributed by atoms with E-state index in [-0.39, 0.29) is 0 Å². The standard InChI is InChI=1S/C7H10N2/c1-5-2-7(5)6-3-8-9-4-6/h3-5,7H,2H2,1H3,(H,8,9). The molecule has 2 unspecified atom stereocenters. The van der Waals surface area contributed by atoms with Crippen molar-refractivity contribution in [2.24, 2.45) is 5.92 Å². The van der Waals surface area contributed by atoms with Crippen LogP contribution >= 0.6 is 0 Å². The molecule has 1 heterocycles. The van der Waals surface area contributed by atoms with Gasteiger partial charge in [0.1, 0.15) is 0 Å². The number of aromatic amines is 1. The van der Waals surface area contributed by atoms with Crippen molar-refractivity contribution in [2.45, 2.75) is 19.3 Å². The van der Waals surface area contributed by atoms with Crippen molar-refractivity contribution < 1.29 is 0 Å². The van der Waals surface area contributed by atoms with E-state index in [0.29, 0.717) is 0 Å². The Hall–Kier alpha value is -0.790. The molecule has 1 aliphatic carbocycles. The molecule has 9 heavy (non-hydrogen) atoms. The van der Waals surface area contributed by atoms with Gasteiger partial charge in [0.25, 0.3) is 0 Å². The summed E-state index contributed by atoms with van der Waals surface area (Å²) in [5.41, 5.74) is 1.38. The Morgan fingerprint density at radius 1 is 1.78 bits per heavy atom. The Kier molecular flexibility index (Phi) is 0.891. The van der Waals surface area contributed by atoms with Crippen LogP contribution in [0.15, 0.2) is 12.4 Å². The van der Waals surface area contributed by atoms with Crippen LogP contribution in [0, 0.1) is 5.92 Å². The molecule has 0 radical (unpaired) electrons. The zero-order valence-corrected chi connectivity index (χ0v) is 5.46. The lowest BCUT2D eigenvalue weighted by atomic mass is 10.2. The van der Waals surface area contributed by atoms with Gasteiger partial charge in [0.05, 0.1) is 6.20 Å². The third kappa shape index (κ3) is 0.745. The minimum Gasteiger partial charge on any atom is -0.285 e. The molecule has 1 aliphatic rings. The predicted molar refractivity (Wildman–Crippen MR) is 35.1 cm³/mol. The van der Waals surface area contributed by atoms with Crippen LogP contribution in [0.3, 0.4) is 0 Å². The smallest absolute Gasteiger partial charge is 0.0522 e. The monoisotopic (exact) mass is 122 g/mol. The maximum atomic E-state index is 3.89. The van der Waals surface area contributed by atoms with Gasteiger partial charge in [-0.15, -0.1) is 0 Å². The summed E-state index contributed by atoms with van der Waals surface area (Å²) in [4.78, 5) is 0. The van der Waals surface area contributed by atoms with E-state index in [0.717, 1.165) is 11.8 Å². The van der Waals surface area contributed by atoms with E-state index in [1.165, 1.54) is 12.0 Å². The van der Waals surface area contributed by atoms with Gasteiger partial charge in [0.15, 0.2) is 0 Å². The first-order chi connectivity index (χ1) is 4.38. The summed E-state index contributed by atoms with van der Waals surface area (Å²) in [6.45, 7) is 2.28. The second-order valence-electron chi connectivity index (χ2n) is 2.85. The summed E-state index contributed by atoms with van der Waals surface area (Å²) in [5.74, 6) is 1.70. The molecule has 2 atom stereocenters. The van der Waals surface area contributed by atoms with Gasteiger partial charge in [-0.2, -0.15) is 5.10 Å². The van der Waals surface area contributed by atoms with Gasteiger partial charge in [-0.05, 0) is 23.8 Å². The first-order valence-electron chi connectivity index (χ1n) is 3.36. The Bertz CT molecular complexity index is 191. The number of aromatic nitrogens is 2. The summed E-state index contributed by atoms with van der Waals surface area (Å²) in [6.07, 6.45) is 5.27. The van der Waals surface area contributed by atoms with Gasteiger partial charge >= 0.3 is 0 Å². The van der Waals surface area contributed by atoms with Crippen LogP contribution < -0.4 is 0 Å². The van der Waals surface area contributed by atoms with E-state index < -0.39 is 0 Å². The molecule has 1 aromatic heterocycles. The van der Waals surface area contributed by atoms with Gasteiger partial charge in [0.2, 0.25) is 0 Å². The van der Waals surface area contributed by atoms with Crippen LogP contribution in [-0.2, 0) is 0 Å². The molecule has 0 spiro atoms. The van der Waals surface area contributed by atoms with Gasteiger partial charge in [-0.3, -0.25) is 5.10 Å². The summed E-state index contributed by atoms with van der Waals surface area (Å²) in [5, 5.41) is 6.71. The van der Waals surface area contributed by atoms with Gasteiger partial charge in [-0.1, -0.05) is 6.92 Å². The average Bonchev–Trinajstić information content (AvgIpc) is 2.44. The molecule has 2 heteroatoms. The molecule has 2 rings (SSSR count). The molecule has 0 aromatic carbocycles. The van der Waals surface area contributed by atoms with Crippen molar-refractivity contribution in [1.82, 2.24) is 10.2 Å². The van der Waals surface area contributed by atoms with Crippen LogP contribution in [0.25, 0.3) is 0 Å². The molecule has 1 aromatic rings. The first-order valence-corrected chi connectivity index (χ1v) is 3.36. The third-order valence-corrected chi connectivity index (χ3v) is 2.06. The van der Waals surface area contributed by atoms with E-state index in [1.54, 1.807) is 0 Å². The Labute approximate surface area is 54.3 Å². The Balaban J connectivity index is 2.18. The first kappa shape index (κ1) is 5.03. The van der Waals surface area contributed by atoms with Crippen LogP contribution in [0.1, 0.15) is 24.8 Å². The number of nitrogens with one attached hydrogen (secondary N) is 1. The van der Waals surface area contributed by atoms with Crippen LogP contribution in [-0.4, -0.2) is 10.2 Å². The maximum absolute atomic E-state index is 3.89. The van der Waals surface area contributed by atoms with E-state index in [1.807, 2.05) is 12.4 Å². The minimum atomic E-state index is 0.809. The second-order valence-corrected chi connectivity index (χ2v) is 2.85. The van der Waals surface area contributed by atoms with Crippen LogP contribution in [0.4, 0.5) is 0 Å². The fourth-order valence-corrected chi connectivity index (χ4v) is 1.25. The molecule has 0 bridgehead atoms. The Morgan fingerprint density at radius 3 is 3.00 bits per heavy atom. The summed E-state index contributed by atoms with van der Waals surface area (Å²) < 4.78 is 0. The predicted octanol–water partition coefficient (Wildman–Crippen LogP) is 1.53. The minimum absolute atomic E-state index is 0.809. The van der Waals surface area contributed by atoms with Gasteiger partial charge in [0, 0.05) is 6.20 Å². The maximum Gasteiger partial charge on any atom is 0.0522 e. The van der Waals surface area contributed by atoms with E-state index in [9.17, 15) is 0 Å². The highest BCUT2D eigenvalue weighted by Crippen LogP contribution is 2.46. The fourth-order valence-electron chi connectivity index (χ4n) is 1.25. The van der Waals surface area contributed by atoms with Gasteiger partial charge < -0.3 is 0 Å². The number of hydrogen-bond acceptors (Lipinski definition) is 1. The van der Waals surface area contributed by atoms with E-state index in [2.05, 4.69) is 17.1 Å². The lowest BCUT2D eigenvalue weighted by Crippen LogP contribution is -1.72. The average molecular weight is 122 g/mol. The summed E-state index contributed by atoms with van der Waals surface area (Å²) >= 11 is 0. The largest absolute Gasteiger partial charge is 0.285 e. The zero-order chi connectivity index (χ0) is 6.27. The van der Waals surface area contributed by atoms with Crippen molar-refractivity contribution in [3.8, 4) is 0 Å². The molecule has 1 saturated carbocycles. The fraction of sp³-hybridized carbons (Fsp3) is 0.571. The lowest BCUT2D eigenvalue weighted by Gasteiger charge is -1.84. The summed E-state index contributed by atoms with van der Waals surface area (Å²) in [7, 11) is 0. The molecule has 0 amide bonds. The normalized spacial score (nSPS) is 32.6. The molecule has 48 valence electrons. The zero-order valence-electron chi connectivity index (χ0n) is 5.46. The topological polar surface area (TPSA) is 28.7 Å². The van der Waals surface area contributed by atoms with Crippen molar-refractivity contribution >= 4 is 0 Å². The molecule has 0 saturated heterocycles. The van der Waals surface area contributed by atoms with Gasteiger partial charge in [-0.25, -0.2) is 0 Å². The molecule has 2 nitrogen and oxygen atoms in total. The molecule has 0 aliphatic heterocycles. The van der Waals surface area contributed by atoms with Crippen LogP contribution in [0.2, 0.25) is 0 Å². The highest BCUT2D eigenvalue weighted by Gasteiger charge is 2.34. The number of rotatable bonds is 1. The SMILES string of the molecule is CC1CC1c1cn[nH]c1. The quantitative estimate of drug-likeness (QED) is 0.601. The van der Waals surface area contributed by atoms with Crippen LogP contribution in [0.5, 0.6) is 0 Å². The summed E-state index contributed by atoms with van der Waals surface area (Å²) in [6, 6.07) is 0. The number of nitrogens with zero attached hydrogens (tertiary/aromatic N) is 1. The van der Waals surface area contributed by atoms with Crippen molar-refractivity contribution in [3.05, 3.63) is 18.0 Å². The second kappa shape index (κ2) is 1.59. The molecule has 1 fully saturated rings. The molecular formula is C7H10N2.